The number of halogens is 2. The number of nitrogens with zero attached hydrogens (tertiary/aromatic N) is 1. The van der Waals surface area contributed by atoms with Crippen LogP contribution in [0.15, 0.2) is 22.7 Å². The van der Waals surface area contributed by atoms with E-state index >= 15 is 0 Å². The minimum atomic E-state index is -0.598. The van der Waals surface area contributed by atoms with Crippen LogP contribution >= 0.6 is 27.5 Å². The van der Waals surface area contributed by atoms with Gasteiger partial charge in [-0.05, 0) is 53.9 Å². The summed E-state index contributed by atoms with van der Waals surface area (Å²) in [6.07, 6.45) is 1.17. The maximum absolute atomic E-state index is 12.3. The second-order valence-corrected chi connectivity index (χ2v) is 6.14. The van der Waals surface area contributed by atoms with Crippen molar-refractivity contribution in [2.75, 3.05) is 13.2 Å². The maximum Gasteiger partial charge on any atom is 0.263 e. The number of aliphatic hydroxyl groups is 1. The summed E-state index contributed by atoms with van der Waals surface area (Å²) < 4.78 is 6.40. The van der Waals surface area contributed by atoms with Crippen LogP contribution in [0, 0.1) is 0 Å². The summed E-state index contributed by atoms with van der Waals surface area (Å²) in [5.41, 5.74) is 0. The summed E-state index contributed by atoms with van der Waals surface area (Å²) in [5.74, 6) is 0.485. The Morgan fingerprint density at radius 1 is 1.65 bits per heavy atom. The van der Waals surface area contributed by atoms with Crippen LogP contribution in [0.3, 0.4) is 0 Å². The molecule has 1 amide bonds. The Labute approximate surface area is 131 Å². The Morgan fingerprint density at radius 2 is 2.40 bits per heavy atom. The topological polar surface area (TPSA) is 49.8 Å². The van der Waals surface area contributed by atoms with Crippen LogP contribution in [0.25, 0.3) is 0 Å². The molecule has 1 N–H and O–H groups in total. The van der Waals surface area contributed by atoms with E-state index in [1.54, 1.807) is 30.0 Å². The van der Waals surface area contributed by atoms with Crippen molar-refractivity contribution in [3.8, 4) is 5.75 Å². The van der Waals surface area contributed by atoms with E-state index in [0.717, 1.165) is 12.8 Å². The molecule has 1 aliphatic heterocycles. The summed E-state index contributed by atoms with van der Waals surface area (Å²) in [4.78, 5) is 14.0. The first-order chi connectivity index (χ1) is 9.52. The maximum atomic E-state index is 12.3. The van der Waals surface area contributed by atoms with Gasteiger partial charge in [0.15, 0.2) is 6.10 Å². The summed E-state index contributed by atoms with van der Waals surface area (Å²) in [6, 6.07) is 5.08. The predicted molar refractivity (Wildman–Crippen MR) is 81.1 cm³/mol. The third-order valence-corrected chi connectivity index (χ3v) is 4.27. The highest BCUT2D eigenvalue weighted by Crippen LogP contribution is 2.29. The zero-order valence-electron chi connectivity index (χ0n) is 11.2. The third kappa shape index (κ3) is 3.45. The highest BCUT2D eigenvalue weighted by atomic mass is 79.9. The molecule has 0 spiro atoms. The molecule has 6 heteroatoms. The van der Waals surface area contributed by atoms with Gasteiger partial charge in [0.2, 0.25) is 0 Å². The van der Waals surface area contributed by atoms with Gasteiger partial charge in [-0.1, -0.05) is 11.6 Å². The van der Waals surface area contributed by atoms with Crippen molar-refractivity contribution >= 4 is 33.4 Å². The van der Waals surface area contributed by atoms with Crippen molar-refractivity contribution in [1.29, 1.82) is 0 Å². The second kappa shape index (κ2) is 6.78. The molecule has 1 saturated heterocycles. The number of aliphatic hydroxyl groups excluding tert-OH is 1. The number of carbonyl (C=O) groups is 1. The van der Waals surface area contributed by atoms with Crippen LogP contribution < -0.4 is 4.74 Å². The Hall–Kier alpha value is -0.780. The molecule has 1 aliphatic rings. The second-order valence-electron chi connectivity index (χ2n) is 4.85. The molecular weight excluding hydrogens is 346 g/mol. The number of benzene rings is 1. The van der Waals surface area contributed by atoms with Gasteiger partial charge in [-0.3, -0.25) is 4.79 Å². The van der Waals surface area contributed by atoms with Gasteiger partial charge in [0.05, 0.1) is 17.1 Å². The molecule has 2 atom stereocenters. The molecule has 0 aromatic heterocycles. The smallest absolute Gasteiger partial charge is 0.263 e. The fourth-order valence-electron chi connectivity index (χ4n) is 2.36. The van der Waals surface area contributed by atoms with E-state index in [0.29, 0.717) is 21.8 Å². The highest BCUT2D eigenvalue weighted by Gasteiger charge is 2.31. The van der Waals surface area contributed by atoms with E-state index in [1.807, 2.05) is 0 Å². The number of hydrogen-bond donors (Lipinski definition) is 1. The number of amides is 1. The predicted octanol–water partition coefficient (Wildman–Crippen LogP) is 2.85. The van der Waals surface area contributed by atoms with Gasteiger partial charge < -0.3 is 14.7 Å². The van der Waals surface area contributed by atoms with Gasteiger partial charge >= 0.3 is 0 Å². The molecule has 1 heterocycles. The summed E-state index contributed by atoms with van der Waals surface area (Å²) in [7, 11) is 0. The zero-order valence-corrected chi connectivity index (χ0v) is 13.5. The molecule has 0 saturated carbocycles. The van der Waals surface area contributed by atoms with Crippen LogP contribution in [-0.4, -0.2) is 41.2 Å². The number of carbonyl (C=O) groups excluding carboxylic acids is 1. The Morgan fingerprint density at radius 3 is 3.05 bits per heavy atom. The monoisotopic (exact) mass is 361 g/mol. The molecule has 1 fully saturated rings. The lowest BCUT2D eigenvalue weighted by molar-refractivity contribution is -0.139. The van der Waals surface area contributed by atoms with Gasteiger partial charge in [-0.25, -0.2) is 0 Å². The number of hydrogen-bond acceptors (Lipinski definition) is 3. The van der Waals surface area contributed by atoms with Crippen LogP contribution in [-0.2, 0) is 4.79 Å². The molecular formula is C14H17BrClNO3. The fourth-order valence-corrected chi connectivity index (χ4v) is 3.14. The molecule has 0 bridgehead atoms. The lowest BCUT2D eigenvalue weighted by atomic mass is 10.2. The average Bonchev–Trinajstić information content (AvgIpc) is 2.89. The molecule has 0 radical (unpaired) electrons. The van der Waals surface area contributed by atoms with Crippen molar-refractivity contribution in [2.45, 2.75) is 31.9 Å². The normalized spacial score (nSPS) is 20.0. The molecule has 2 unspecified atom stereocenters. The highest BCUT2D eigenvalue weighted by molar-refractivity contribution is 9.10. The molecule has 110 valence electrons. The Kier molecular flexibility index (Phi) is 5.29. The average molecular weight is 363 g/mol. The molecule has 0 aliphatic carbocycles. The molecule has 4 nitrogen and oxygen atoms in total. The van der Waals surface area contributed by atoms with Gasteiger partial charge in [0.25, 0.3) is 5.91 Å². The van der Waals surface area contributed by atoms with E-state index in [4.69, 9.17) is 16.3 Å². The number of rotatable bonds is 4. The van der Waals surface area contributed by atoms with Crippen molar-refractivity contribution in [1.82, 2.24) is 4.90 Å². The molecule has 2 rings (SSSR count). The van der Waals surface area contributed by atoms with Crippen molar-refractivity contribution in [2.24, 2.45) is 0 Å². The SMILES string of the molecule is CC(Oc1ccc(Cl)cc1Br)C(=O)N1CCCC1CO. The van der Waals surface area contributed by atoms with Gasteiger partial charge in [0.1, 0.15) is 5.75 Å². The van der Waals surface area contributed by atoms with Gasteiger partial charge in [-0.15, -0.1) is 0 Å². The third-order valence-electron chi connectivity index (χ3n) is 3.42. The first kappa shape index (κ1) is 15.6. The summed E-state index contributed by atoms with van der Waals surface area (Å²) >= 11 is 9.23. The zero-order chi connectivity index (χ0) is 14.7. The van der Waals surface area contributed by atoms with E-state index in [-0.39, 0.29) is 18.6 Å². The first-order valence-corrected chi connectivity index (χ1v) is 7.73. The lowest BCUT2D eigenvalue weighted by Crippen LogP contribution is -2.44. The standard InChI is InChI=1S/C14H17BrClNO3/c1-9(14(19)17-6-2-3-11(17)8-18)20-13-5-4-10(16)7-12(13)15/h4-5,7,9,11,18H,2-3,6,8H2,1H3. The Bertz CT molecular complexity index is 497. The van der Waals surface area contributed by atoms with E-state index < -0.39 is 6.10 Å². The quantitative estimate of drug-likeness (QED) is 0.896. The molecule has 1 aromatic rings. The fraction of sp³-hybridized carbons (Fsp3) is 0.500. The summed E-state index contributed by atoms with van der Waals surface area (Å²) in [5, 5.41) is 9.87. The largest absolute Gasteiger partial charge is 0.480 e. The van der Waals surface area contributed by atoms with Crippen molar-refractivity contribution in [3.63, 3.8) is 0 Å². The minimum absolute atomic E-state index is 0.00307. The van der Waals surface area contributed by atoms with Crippen LogP contribution in [0.5, 0.6) is 5.75 Å². The van der Waals surface area contributed by atoms with Crippen molar-refractivity contribution < 1.29 is 14.6 Å². The van der Waals surface area contributed by atoms with Gasteiger partial charge in [-0.2, -0.15) is 0 Å². The van der Waals surface area contributed by atoms with E-state index in [1.165, 1.54) is 0 Å². The minimum Gasteiger partial charge on any atom is -0.480 e. The van der Waals surface area contributed by atoms with E-state index in [9.17, 15) is 9.90 Å². The summed E-state index contributed by atoms with van der Waals surface area (Å²) in [6.45, 7) is 2.40. The number of likely N-dealkylation sites (tertiary alicyclic amines) is 1. The Balaban J connectivity index is 2.04. The first-order valence-electron chi connectivity index (χ1n) is 6.56. The van der Waals surface area contributed by atoms with Gasteiger partial charge in [0, 0.05) is 11.6 Å². The van der Waals surface area contributed by atoms with Crippen molar-refractivity contribution in [3.05, 3.63) is 27.7 Å². The lowest BCUT2D eigenvalue weighted by Gasteiger charge is -2.26. The molecule has 20 heavy (non-hydrogen) atoms. The van der Waals surface area contributed by atoms with Crippen LogP contribution in [0.2, 0.25) is 5.02 Å². The van der Waals surface area contributed by atoms with Crippen LogP contribution in [0.1, 0.15) is 19.8 Å². The van der Waals surface area contributed by atoms with E-state index in [2.05, 4.69) is 15.9 Å². The molecule has 1 aromatic carbocycles. The van der Waals surface area contributed by atoms with Crippen LogP contribution in [0.4, 0.5) is 0 Å². The number of ether oxygens (including phenoxy) is 1.